The number of hydrogen-bond acceptors (Lipinski definition) is 3. The van der Waals surface area contributed by atoms with E-state index in [4.69, 9.17) is 9.47 Å². The second-order valence-corrected chi connectivity index (χ2v) is 7.82. The van der Waals surface area contributed by atoms with E-state index in [1.807, 2.05) is 84.9 Å². The van der Waals surface area contributed by atoms with Crippen molar-refractivity contribution in [1.29, 1.82) is 0 Å². The molecule has 1 saturated heterocycles. The summed E-state index contributed by atoms with van der Waals surface area (Å²) in [4.78, 5) is 2.19. The highest BCUT2D eigenvalue weighted by Gasteiger charge is 2.32. The van der Waals surface area contributed by atoms with E-state index in [2.05, 4.69) is 11.0 Å². The summed E-state index contributed by atoms with van der Waals surface area (Å²) in [5, 5.41) is 14.4. The van der Waals surface area contributed by atoms with Crippen LogP contribution in [0.25, 0.3) is 10.8 Å². The fraction of sp³-hybridized carbons (Fsp3) is 0.185. The van der Waals surface area contributed by atoms with E-state index in [-0.39, 0.29) is 18.1 Å². The summed E-state index contributed by atoms with van der Waals surface area (Å²) in [5.41, 5.74) is 0.891. The van der Waals surface area contributed by atoms with Gasteiger partial charge < -0.3 is 14.4 Å². The molecule has 0 N–H and O–H groups in total. The topological polar surface area (TPSA) is 41.6 Å². The fourth-order valence-electron chi connectivity index (χ4n) is 4.18. The van der Waals surface area contributed by atoms with Crippen molar-refractivity contribution in [3.8, 4) is 17.2 Å². The maximum Gasteiger partial charge on any atom is 0.188 e. The Morgan fingerprint density at radius 2 is 1.39 bits per heavy atom. The Kier molecular flexibility index (Phi) is 5.36. The zero-order valence-corrected chi connectivity index (χ0v) is 17.2. The number of para-hydroxylation sites is 2. The molecule has 0 spiro atoms. The van der Waals surface area contributed by atoms with Gasteiger partial charge in [0.05, 0.1) is 0 Å². The number of ether oxygens (including phenoxy) is 2. The minimum absolute atomic E-state index is 0.0363. The molecule has 1 aliphatic heterocycles. The maximum absolute atomic E-state index is 12.7. The van der Waals surface area contributed by atoms with Crippen LogP contribution in [0.4, 0.5) is 5.69 Å². The van der Waals surface area contributed by atoms with Crippen molar-refractivity contribution in [2.24, 2.45) is 0 Å². The maximum atomic E-state index is 12.7. The average Bonchev–Trinajstić information content (AvgIpc) is 2.81. The van der Waals surface area contributed by atoms with Crippen LogP contribution in [0.15, 0.2) is 97.1 Å². The largest absolute Gasteiger partial charge is 0.490 e. The SMILES string of the molecule is [O]c1cc(N2CCC(Oc3ccccc3)CC2Oc2ccccc2)cc2ccccc12. The first-order valence-electron chi connectivity index (χ1n) is 10.7. The lowest BCUT2D eigenvalue weighted by atomic mass is 10.0. The first-order valence-corrected chi connectivity index (χ1v) is 10.7. The van der Waals surface area contributed by atoms with Crippen molar-refractivity contribution in [3.63, 3.8) is 0 Å². The van der Waals surface area contributed by atoms with Crippen molar-refractivity contribution < 1.29 is 14.6 Å². The molecule has 1 heterocycles. The summed E-state index contributed by atoms with van der Waals surface area (Å²) in [6.45, 7) is 0.743. The molecule has 2 atom stereocenters. The van der Waals surface area contributed by atoms with Crippen LogP contribution >= 0.6 is 0 Å². The molecule has 0 bridgehead atoms. The van der Waals surface area contributed by atoms with Gasteiger partial charge in [0.1, 0.15) is 17.6 Å². The Hall–Kier alpha value is -3.66. The molecular weight excluding hydrogens is 386 g/mol. The molecule has 4 nitrogen and oxygen atoms in total. The third kappa shape index (κ3) is 4.29. The van der Waals surface area contributed by atoms with Gasteiger partial charge in [0.25, 0.3) is 0 Å². The minimum atomic E-state index is -0.231. The number of nitrogens with zero attached hydrogens (tertiary/aromatic N) is 1. The molecule has 0 aliphatic carbocycles. The lowest BCUT2D eigenvalue weighted by Gasteiger charge is -2.40. The predicted molar refractivity (Wildman–Crippen MR) is 122 cm³/mol. The smallest absolute Gasteiger partial charge is 0.188 e. The second kappa shape index (κ2) is 8.60. The molecule has 1 radical (unpaired) electrons. The van der Waals surface area contributed by atoms with Crippen LogP contribution in [-0.2, 0) is 5.11 Å². The van der Waals surface area contributed by atoms with Crippen LogP contribution in [0.3, 0.4) is 0 Å². The zero-order valence-electron chi connectivity index (χ0n) is 17.2. The summed E-state index contributed by atoms with van der Waals surface area (Å²) in [5.74, 6) is 1.71. The third-order valence-corrected chi connectivity index (χ3v) is 5.71. The first kappa shape index (κ1) is 19.3. The number of piperidine rings is 1. The molecule has 0 amide bonds. The van der Waals surface area contributed by atoms with Gasteiger partial charge in [-0.15, -0.1) is 0 Å². The van der Waals surface area contributed by atoms with Gasteiger partial charge in [-0.2, -0.15) is 0 Å². The standard InChI is InChI=1S/C27H24NO3/c29-26-18-21(17-20-9-7-8-14-25(20)26)28-16-15-24(30-22-10-3-1-4-11-22)19-27(28)31-23-12-5-2-6-13-23/h1-14,17-18,24,27H,15-16,19H2. The Morgan fingerprint density at radius 3 is 2.13 bits per heavy atom. The highest BCUT2D eigenvalue weighted by Crippen LogP contribution is 2.35. The fourth-order valence-corrected chi connectivity index (χ4v) is 4.18. The molecule has 0 aromatic heterocycles. The van der Waals surface area contributed by atoms with Gasteiger partial charge in [-0.25, -0.2) is 0 Å². The monoisotopic (exact) mass is 410 g/mol. The van der Waals surface area contributed by atoms with Crippen molar-refractivity contribution >= 4 is 16.5 Å². The first-order chi connectivity index (χ1) is 15.3. The van der Waals surface area contributed by atoms with Gasteiger partial charge in [0.2, 0.25) is 0 Å². The van der Waals surface area contributed by atoms with Gasteiger partial charge in [-0.05, 0) is 35.7 Å². The molecular formula is C27H24NO3. The number of fused-ring (bicyclic) bond motifs is 1. The Morgan fingerprint density at radius 1 is 0.742 bits per heavy atom. The summed E-state index contributed by atoms with van der Waals surface area (Å²) in [7, 11) is 0. The van der Waals surface area contributed by atoms with Crippen LogP contribution in [0.2, 0.25) is 0 Å². The predicted octanol–water partition coefficient (Wildman–Crippen LogP) is 6.44. The number of rotatable bonds is 5. The quantitative estimate of drug-likeness (QED) is 0.380. The van der Waals surface area contributed by atoms with E-state index in [9.17, 15) is 5.11 Å². The molecule has 4 aromatic rings. The normalized spacial score (nSPS) is 18.6. The van der Waals surface area contributed by atoms with Crippen LogP contribution in [0.5, 0.6) is 17.2 Å². The number of benzene rings is 4. The highest BCUT2D eigenvalue weighted by molar-refractivity contribution is 5.91. The number of hydrogen-bond donors (Lipinski definition) is 0. The zero-order chi connectivity index (χ0) is 21.0. The van der Waals surface area contributed by atoms with Crippen molar-refractivity contribution in [2.75, 3.05) is 11.4 Å². The van der Waals surface area contributed by atoms with Gasteiger partial charge in [0, 0.05) is 36.5 Å². The highest BCUT2D eigenvalue weighted by atomic mass is 16.5. The molecule has 2 unspecified atom stereocenters. The molecule has 1 aliphatic rings. The average molecular weight is 410 g/mol. The van der Waals surface area contributed by atoms with Crippen LogP contribution in [0, 0.1) is 0 Å². The lowest BCUT2D eigenvalue weighted by Crippen LogP contribution is -2.49. The van der Waals surface area contributed by atoms with Crippen molar-refractivity contribution in [3.05, 3.63) is 97.1 Å². The van der Waals surface area contributed by atoms with E-state index in [1.165, 1.54) is 0 Å². The van der Waals surface area contributed by atoms with Crippen LogP contribution in [-0.4, -0.2) is 18.9 Å². The summed E-state index contributed by atoms with van der Waals surface area (Å²) < 4.78 is 12.6. The van der Waals surface area contributed by atoms with Crippen LogP contribution < -0.4 is 14.4 Å². The van der Waals surface area contributed by atoms with Gasteiger partial charge in [-0.1, -0.05) is 60.7 Å². The van der Waals surface area contributed by atoms with Gasteiger partial charge in [0.15, 0.2) is 12.0 Å². The Bertz CT molecular complexity index is 1150. The van der Waals surface area contributed by atoms with Gasteiger partial charge in [-0.3, -0.25) is 5.11 Å². The van der Waals surface area contributed by atoms with Crippen molar-refractivity contribution in [2.45, 2.75) is 25.2 Å². The van der Waals surface area contributed by atoms with Gasteiger partial charge >= 0.3 is 0 Å². The van der Waals surface area contributed by atoms with E-state index >= 15 is 0 Å². The van der Waals surface area contributed by atoms with E-state index in [0.717, 1.165) is 40.9 Å². The molecule has 155 valence electrons. The second-order valence-electron chi connectivity index (χ2n) is 7.82. The minimum Gasteiger partial charge on any atom is -0.490 e. The number of anilines is 1. The van der Waals surface area contributed by atoms with E-state index < -0.39 is 0 Å². The third-order valence-electron chi connectivity index (χ3n) is 5.71. The summed E-state index contributed by atoms with van der Waals surface area (Å²) in [6.07, 6.45) is 1.36. The molecule has 1 fully saturated rings. The molecule has 4 heteroatoms. The van der Waals surface area contributed by atoms with E-state index in [1.54, 1.807) is 6.07 Å². The van der Waals surface area contributed by atoms with E-state index in [0.29, 0.717) is 6.42 Å². The molecule has 4 aromatic carbocycles. The molecule has 31 heavy (non-hydrogen) atoms. The summed E-state index contributed by atoms with van der Waals surface area (Å²) in [6, 6.07) is 31.2. The lowest BCUT2D eigenvalue weighted by molar-refractivity contribution is 0.0778. The van der Waals surface area contributed by atoms with Crippen molar-refractivity contribution in [1.82, 2.24) is 0 Å². The van der Waals surface area contributed by atoms with Crippen LogP contribution in [0.1, 0.15) is 12.8 Å². The molecule has 5 rings (SSSR count). The molecule has 0 saturated carbocycles. The Labute approximate surface area is 182 Å². The Balaban J connectivity index is 1.44. The summed E-state index contributed by atoms with van der Waals surface area (Å²) >= 11 is 0.